The van der Waals surface area contributed by atoms with Gasteiger partial charge in [0.05, 0.1) is 0 Å². The topological polar surface area (TPSA) is 40.6 Å². The lowest BCUT2D eigenvalue weighted by Gasteiger charge is -2.26. The maximum absolute atomic E-state index is 12.0. The molecule has 4 nitrogen and oxygen atoms in total. The maximum Gasteiger partial charge on any atom is 0.258 e. The smallest absolute Gasteiger partial charge is 0.258 e. The molecular weight excluding hydrogens is 394 g/mol. The Morgan fingerprint density at radius 2 is 1.00 bits per heavy atom. The van der Waals surface area contributed by atoms with Gasteiger partial charge in [-0.3, -0.25) is 9.59 Å². The molecule has 0 heterocycles. The van der Waals surface area contributed by atoms with Crippen LogP contribution >= 0.6 is 46.4 Å². The number of hydrogen-bond donors (Lipinski definition) is 0. The Balaban J connectivity index is 4.09. The van der Waals surface area contributed by atoms with Gasteiger partial charge in [0.25, 0.3) is 11.8 Å². The van der Waals surface area contributed by atoms with Gasteiger partial charge in [-0.2, -0.15) is 0 Å². The van der Waals surface area contributed by atoms with Gasteiger partial charge in [0.1, 0.15) is 0 Å². The van der Waals surface area contributed by atoms with E-state index in [0.29, 0.717) is 26.2 Å². The number of carbonyl (C=O) groups is 2. The lowest BCUT2D eigenvalue weighted by atomic mass is 10.1. The van der Waals surface area contributed by atoms with Crippen molar-refractivity contribution in [3.05, 3.63) is 0 Å². The Kier molecular flexibility index (Phi) is 11.0. The zero-order valence-electron chi connectivity index (χ0n) is 14.9. The number of rotatable bonds is 11. The Morgan fingerprint density at radius 3 is 1.21 bits per heavy atom. The maximum atomic E-state index is 12.0. The van der Waals surface area contributed by atoms with Gasteiger partial charge in [0.2, 0.25) is 0 Å². The fourth-order valence-electron chi connectivity index (χ4n) is 2.32. The van der Waals surface area contributed by atoms with E-state index < -0.39 is 8.67 Å². The van der Waals surface area contributed by atoms with E-state index in [0.717, 1.165) is 25.7 Å². The van der Waals surface area contributed by atoms with Crippen LogP contribution in [0.3, 0.4) is 0 Å². The minimum atomic E-state index is -1.38. The molecule has 0 aliphatic heterocycles. The van der Waals surface area contributed by atoms with Crippen LogP contribution in [-0.4, -0.2) is 56.5 Å². The van der Waals surface area contributed by atoms with E-state index in [2.05, 4.69) is 0 Å². The van der Waals surface area contributed by atoms with Gasteiger partial charge in [-0.15, -0.1) is 0 Å². The van der Waals surface area contributed by atoms with Gasteiger partial charge in [-0.1, -0.05) is 59.2 Å². The second-order valence-corrected chi connectivity index (χ2v) is 9.37. The number of carbonyl (C=O) groups excluding carboxylic acids is 2. The zero-order valence-corrected chi connectivity index (χ0v) is 17.9. The third-order valence-corrected chi connectivity index (χ3v) is 4.34. The average Bonchev–Trinajstić information content (AvgIpc) is 2.47. The number of nitrogens with zero attached hydrogens (tertiary/aromatic N) is 2. The highest BCUT2D eigenvalue weighted by Gasteiger charge is 2.32. The number of amides is 2. The highest BCUT2D eigenvalue weighted by Crippen LogP contribution is 2.24. The molecule has 0 radical (unpaired) electrons. The van der Waals surface area contributed by atoms with Crippen LogP contribution in [0.15, 0.2) is 0 Å². The fraction of sp³-hybridized carbons (Fsp3) is 0.875. The van der Waals surface area contributed by atoms with Crippen molar-refractivity contribution in [2.45, 2.75) is 62.0 Å². The molecule has 0 saturated carbocycles. The molecule has 0 aromatic rings. The first-order valence-electron chi connectivity index (χ1n) is 8.29. The summed E-state index contributed by atoms with van der Waals surface area (Å²) in [4.78, 5) is 27.3. The summed E-state index contributed by atoms with van der Waals surface area (Å²) in [6, 6.07) is 0. The van der Waals surface area contributed by atoms with E-state index in [1.54, 1.807) is 9.80 Å². The molecule has 0 spiro atoms. The summed E-state index contributed by atoms with van der Waals surface area (Å²) in [5.74, 6) is -0.529. The SMILES string of the molecule is CCN(CCCCCCN(CC)C(=O)C(C)(Cl)Cl)C(=O)C(C)(Cl)Cl. The molecule has 142 valence electrons. The predicted molar refractivity (Wildman–Crippen MR) is 103 cm³/mol. The summed E-state index contributed by atoms with van der Waals surface area (Å²) < 4.78 is -2.76. The summed E-state index contributed by atoms with van der Waals surface area (Å²) in [6.45, 7) is 9.18. The molecule has 0 rings (SSSR count). The summed E-state index contributed by atoms with van der Waals surface area (Å²) >= 11 is 23.4. The molecule has 24 heavy (non-hydrogen) atoms. The van der Waals surface area contributed by atoms with Crippen LogP contribution in [0, 0.1) is 0 Å². The largest absolute Gasteiger partial charge is 0.340 e. The molecule has 0 aliphatic rings. The molecule has 0 saturated heterocycles. The van der Waals surface area contributed by atoms with Crippen molar-refractivity contribution in [3.8, 4) is 0 Å². The van der Waals surface area contributed by atoms with E-state index >= 15 is 0 Å². The second kappa shape index (κ2) is 10.9. The second-order valence-electron chi connectivity index (χ2n) is 5.96. The minimum absolute atomic E-state index is 0.264. The first kappa shape index (κ1) is 24.1. The Morgan fingerprint density at radius 1 is 0.708 bits per heavy atom. The normalized spacial score (nSPS) is 12.2. The van der Waals surface area contributed by atoms with Crippen molar-refractivity contribution in [2.75, 3.05) is 26.2 Å². The molecular formula is C16H28Cl4N2O2. The number of halogens is 4. The molecule has 2 amide bonds. The van der Waals surface area contributed by atoms with Gasteiger partial charge in [0, 0.05) is 26.2 Å². The number of unbranched alkanes of at least 4 members (excludes halogenated alkanes) is 3. The van der Waals surface area contributed by atoms with Crippen LogP contribution in [0.25, 0.3) is 0 Å². The van der Waals surface area contributed by atoms with Gasteiger partial charge < -0.3 is 9.80 Å². The molecule has 0 fully saturated rings. The van der Waals surface area contributed by atoms with Crippen LogP contribution in [0.5, 0.6) is 0 Å². The van der Waals surface area contributed by atoms with Crippen LogP contribution in [0.2, 0.25) is 0 Å². The highest BCUT2D eigenvalue weighted by molar-refractivity contribution is 6.58. The Labute approximate surface area is 165 Å². The van der Waals surface area contributed by atoms with E-state index in [4.69, 9.17) is 46.4 Å². The van der Waals surface area contributed by atoms with Crippen molar-refractivity contribution in [1.29, 1.82) is 0 Å². The summed E-state index contributed by atoms with van der Waals surface area (Å²) in [6.07, 6.45) is 3.64. The molecule has 0 bridgehead atoms. The first-order valence-corrected chi connectivity index (χ1v) is 9.80. The van der Waals surface area contributed by atoms with Crippen molar-refractivity contribution >= 4 is 58.2 Å². The molecule has 8 heteroatoms. The summed E-state index contributed by atoms with van der Waals surface area (Å²) in [7, 11) is 0. The third kappa shape index (κ3) is 8.98. The minimum Gasteiger partial charge on any atom is -0.340 e. The molecule has 0 aliphatic carbocycles. The highest BCUT2D eigenvalue weighted by atomic mass is 35.5. The molecule has 0 aromatic heterocycles. The average molecular weight is 422 g/mol. The molecule has 0 atom stereocenters. The van der Waals surface area contributed by atoms with Crippen LogP contribution in [0.1, 0.15) is 53.4 Å². The van der Waals surface area contributed by atoms with Crippen molar-refractivity contribution < 1.29 is 9.59 Å². The molecule has 0 unspecified atom stereocenters. The summed E-state index contributed by atoms with van der Waals surface area (Å²) in [5.41, 5.74) is 0. The first-order chi connectivity index (χ1) is 10.9. The quantitative estimate of drug-likeness (QED) is 0.360. The lowest BCUT2D eigenvalue weighted by molar-refractivity contribution is -0.132. The number of alkyl halides is 4. The predicted octanol–water partition coefficient (Wildman–Crippen LogP) is 4.63. The van der Waals surface area contributed by atoms with E-state index in [9.17, 15) is 9.59 Å². The monoisotopic (exact) mass is 420 g/mol. The van der Waals surface area contributed by atoms with Gasteiger partial charge >= 0.3 is 0 Å². The van der Waals surface area contributed by atoms with Crippen molar-refractivity contribution in [1.82, 2.24) is 9.80 Å². The van der Waals surface area contributed by atoms with Crippen LogP contribution < -0.4 is 0 Å². The molecule has 0 aromatic carbocycles. The number of hydrogen-bond acceptors (Lipinski definition) is 2. The van der Waals surface area contributed by atoms with Gasteiger partial charge in [0.15, 0.2) is 8.67 Å². The van der Waals surface area contributed by atoms with E-state index in [-0.39, 0.29) is 11.8 Å². The van der Waals surface area contributed by atoms with E-state index in [1.807, 2.05) is 13.8 Å². The van der Waals surface area contributed by atoms with Gasteiger partial charge in [-0.25, -0.2) is 0 Å². The fourth-order valence-corrected chi connectivity index (χ4v) is 2.80. The third-order valence-electron chi connectivity index (χ3n) is 3.69. The van der Waals surface area contributed by atoms with Crippen LogP contribution in [0.4, 0.5) is 0 Å². The van der Waals surface area contributed by atoms with E-state index in [1.165, 1.54) is 13.8 Å². The zero-order chi connectivity index (χ0) is 19.0. The Bertz CT molecular complexity index is 368. The van der Waals surface area contributed by atoms with Gasteiger partial charge in [-0.05, 0) is 40.5 Å². The molecule has 0 N–H and O–H groups in total. The standard InChI is InChI=1S/C16H28Cl4N2O2/c1-5-21(13(23)15(3,17)18)11-9-7-8-10-12-22(6-2)14(24)16(4,19)20/h5-12H2,1-4H3. The lowest BCUT2D eigenvalue weighted by Crippen LogP contribution is -2.41. The van der Waals surface area contributed by atoms with Crippen LogP contribution in [-0.2, 0) is 9.59 Å². The van der Waals surface area contributed by atoms with Crippen molar-refractivity contribution in [2.24, 2.45) is 0 Å². The van der Waals surface area contributed by atoms with Crippen molar-refractivity contribution in [3.63, 3.8) is 0 Å². The summed E-state index contributed by atoms with van der Waals surface area (Å²) in [5, 5.41) is 0. The Hall–Kier alpha value is 0.1000.